The van der Waals surface area contributed by atoms with Gasteiger partial charge in [-0.2, -0.15) is 0 Å². The molecule has 1 aromatic rings. The van der Waals surface area contributed by atoms with Gasteiger partial charge in [-0.3, -0.25) is 0 Å². The average molecular weight is 327 g/mol. The lowest BCUT2D eigenvalue weighted by Crippen LogP contribution is -2.24. The Balaban J connectivity index is 2.18. The van der Waals surface area contributed by atoms with Gasteiger partial charge in [-0.15, -0.1) is 0 Å². The molecule has 98 valence electrons. The predicted molar refractivity (Wildman–Crippen MR) is 85.3 cm³/mol. The molecule has 0 aromatic heterocycles. The van der Waals surface area contributed by atoms with Crippen LogP contribution in [0.5, 0.6) is 0 Å². The smallest absolute Gasteiger partial charge is 0.105 e. The fourth-order valence-electron chi connectivity index (χ4n) is 2.42. The van der Waals surface area contributed by atoms with Crippen LogP contribution in [0.2, 0.25) is 0 Å². The van der Waals surface area contributed by atoms with Crippen molar-refractivity contribution in [3.05, 3.63) is 28.2 Å². The molecule has 1 atom stereocenters. The second kappa shape index (κ2) is 6.02. The summed E-state index contributed by atoms with van der Waals surface area (Å²) in [6, 6.07) is 6.26. The van der Waals surface area contributed by atoms with Crippen molar-refractivity contribution in [2.45, 2.75) is 26.2 Å². The summed E-state index contributed by atoms with van der Waals surface area (Å²) in [4.78, 5) is 2.90. The molecule has 1 fully saturated rings. The number of thiocarbonyl (C=S) groups is 1. The maximum absolute atomic E-state index is 5.67. The Labute approximate surface area is 123 Å². The van der Waals surface area contributed by atoms with Gasteiger partial charge in [0.25, 0.3) is 0 Å². The molecule has 1 saturated heterocycles. The van der Waals surface area contributed by atoms with Crippen LogP contribution in [-0.2, 0) is 0 Å². The third-order valence-electron chi connectivity index (χ3n) is 3.60. The zero-order valence-corrected chi connectivity index (χ0v) is 13.1. The first-order valence-electron chi connectivity index (χ1n) is 6.42. The van der Waals surface area contributed by atoms with Gasteiger partial charge in [-0.05, 0) is 59.3 Å². The zero-order valence-electron chi connectivity index (χ0n) is 10.7. The normalized spacial score (nSPS) is 20.6. The van der Waals surface area contributed by atoms with Gasteiger partial charge in [0.05, 0.1) is 0 Å². The Hall–Kier alpha value is -0.610. The van der Waals surface area contributed by atoms with E-state index in [1.807, 2.05) is 6.07 Å². The van der Waals surface area contributed by atoms with Crippen LogP contribution in [0.1, 0.15) is 31.7 Å². The number of halogens is 1. The standard InChI is InChI=1S/C14H19BrN2S/c1-10-3-2-7-17(8-6-10)11-4-5-12(14(16)18)13(15)9-11/h4-5,9-10H,2-3,6-8H2,1H3,(H2,16,18). The maximum atomic E-state index is 5.67. The Morgan fingerprint density at radius 3 is 2.83 bits per heavy atom. The van der Waals surface area contributed by atoms with E-state index in [0.717, 1.165) is 29.0 Å². The zero-order chi connectivity index (χ0) is 13.1. The summed E-state index contributed by atoms with van der Waals surface area (Å²) in [5.41, 5.74) is 7.85. The van der Waals surface area contributed by atoms with Crippen LogP contribution in [0.3, 0.4) is 0 Å². The highest BCUT2D eigenvalue weighted by Crippen LogP contribution is 2.27. The van der Waals surface area contributed by atoms with Crippen molar-refractivity contribution >= 4 is 38.8 Å². The van der Waals surface area contributed by atoms with Crippen LogP contribution >= 0.6 is 28.1 Å². The van der Waals surface area contributed by atoms with Gasteiger partial charge in [0.2, 0.25) is 0 Å². The van der Waals surface area contributed by atoms with Gasteiger partial charge < -0.3 is 10.6 Å². The van der Waals surface area contributed by atoms with E-state index in [4.69, 9.17) is 18.0 Å². The van der Waals surface area contributed by atoms with Gasteiger partial charge >= 0.3 is 0 Å². The highest BCUT2D eigenvalue weighted by Gasteiger charge is 2.15. The molecule has 1 heterocycles. The molecule has 18 heavy (non-hydrogen) atoms. The molecule has 2 N–H and O–H groups in total. The first kappa shape index (κ1) is 13.8. The van der Waals surface area contributed by atoms with E-state index < -0.39 is 0 Å². The largest absolute Gasteiger partial charge is 0.389 e. The van der Waals surface area contributed by atoms with Gasteiger partial charge in [-0.1, -0.05) is 19.1 Å². The lowest BCUT2D eigenvalue weighted by Gasteiger charge is -2.23. The van der Waals surface area contributed by atoms with Crippen molar-refractivity contribution < 1.29 is 0 Å². The number of hydrogen-bond acceptors (Lipinski definition) is 2. The lowest BCUT2D eigenvalue weighted by atomic mass is 10.0. The Kier molecular flexibility index (Phi) is 4.62. The van der Waals surface area contributed by atoms with Crippen LogP contribution < -0.4 is 10.6 Å². The van der Waals surface area contributed by atoms with Gasteiger partial charge in [0, 0.05) is 28.8 Å². The van der Waals surface area contributed by atoms with E-state index in [-0.39, 0.29) is 0 Å². The molecule has 2 rings (SSSR count). The van der Waals surface area contributed by atoms with E-state index >= 15 is 0 Å². The van der Waals surface area contributed by atoms with Crippen LogP contribution in [-0.4, -0.2) is 18.1 Å². The Morgan fingerprint density at radius 2 is 2.17 bits per heavy atom. The summed E-state index contributed by atoms with van der Waals surface area (Å²) in [5, 5.41) is 0. The molecule has 1 aliphatic heterocycles. The van der Waals surface area contributed by atoms with Crippen LogP contribution in [0, 0.1) is 5.92 Å². The molecule has 2 nitrogen and oxygen atoms in total. The van der Waals surface area contributed by atoms with E-state index in [2.05, 4.69) is 39.9 Å². The first-order valence-corrected chi connectivity index (χ1v) is 7.62. The van der Waals surface area contributed by atoms with Crippen molar-refractivity contribution in [2.75, 3.05) is 18.0 Å². The summed E-state index contributed by atoms with van der Waals surface area (Å²) in [6.07, 6.45) is 3.88. The molecule has 1 aliphatic rings. The molecule has 4 heteroatoms. The van der Waals surface area contributed by atoms with Crippen LogP contribution in [0.25, 0.3) is 0 Å². The van der Waals surface area contributed by atoms with Gasteiger partial charge in [0.1, 0.15) is 4.99 Å². The summed E-state index contributed by atoms with van der Waals surface area (Å²) < 4.78 is 0.991. The number of benzene rings is 1. The minimum Gasteiger partial charge on any atom is -0.389 e. The maximum Gasteiger partial charge on any atom is 0.105 e. The van der Waals surface area contributed by atoms with Crippen molar-refractivity contribution in [3.8, 4) is 0 Å². The van der Waals surface area contributed by atoms with Gasteiger partial charge in [0.15, 0.2) is 0 Å². The molecular formula is C14H19BrN2S. The van der Waals surface area contributed by atoms with Crippen molar-refractivity contribution in [1.29, 1.82) is 0 Å². The van der Waals surface area contributed by atoms with E-state index in [1.54, 1.807) is 0 Å². The molecule has 0 radical (unpaired) electrons. The highest BCUT2D eigenvalue weighted by atomic mass is 79.9. The second-order valence-corrected chi connectivity index (χ2v) is 6.35. The molecule has 0 spiro atoms. The number of nitrogens with zero attached hydrogens (tertiary/aromatic N) is 1. The van der Waals surface area contributed by atoms with Crippen molar-refractivity contribution in [1.82, 2.24) is 0 Å². The summed E-state index contributed by atoms with van der Waals surface area (Å²) in [5.74, 6) is 0.842. The molecule has 0 saturated carbocycles. The predicted octanol–water partition coefficient (Wildman–Crippen LogP) is 3.71. The SMILES string of the molecule is CC1CCCN(c2ccc(C(N)=S)c(Br)c2)CC1. The minimum absolute atomic E-state index is 0.443. The van der Waals surface area contributed by atoms with E-state index in [1.165, 1.54) is 24.9 Å². The third-order valence-corrected chi connectivity index (χ3v) is 4.48. The topological polar surface area (TPSA) is 29.3 Å². The minimum atomic E-state index is 0.443. The third kappa shape index (κ3) is 3.23. The van der Waals surface area contributed by atoms with Crippen molar-refractivity contribution in [2.24, 2.45) is 11.7 Å². The van der Waals surface area contributed by atoms with E-state index in [0.29, 0.717) is 4.99 Å². The fraction of sp³-hybridized carbons (Fsp3) is 0.500. The van der Waals surface area contributed by atoms with Crippen molar-refractivity contribution in [3.63, 3.8) is 0 Å². The fourth-order valence-corrected chi connectivity index (χ4v) is 3.31. The van der Waals surface area contributed by atoms with E-state index in [9.17, 15) is 0 Å². The Morgan fingerprint density at radius 1 is 1.39 bits per heavy atom. The lowest BCUT2D eigenvalue weighted by molar-refractivity contribution is 0.521. The monoisotopic (exact) mass is 326 g/mol. The first-order chi connectivity index (χ1) is 8.58. The molecule has 1 aromatic carbocycles. The summed E-state index contributed by atoms with van der Waals surface area (Å²) in [7, 11) is 0. The number of nitrogens with two attached hydrogens (primary N) is 1. The van der Waals surface area contributed by atoms with Crippen LogP contribution in [0.15, 0.2) is 22.7 Å². The average Bonchev–Trinajstić information content (AvgIpc) is 2.53. The molecule has 0 bridgehead atoms. The Bertz CT molecular complexity index is 447. The van der Waals surface area contributed by atoms with Gasteiger partial charge in [-0.25, -0.2) is 0 Å². The molecule has 0 aliphatic carbocycles. The number of rotatable bonds is 2. The highest BCUT2D eigenvalue weighted by molar-refractivity contribution is 9.10. The summed E-state index contributed by atoms with van der Waals surface area (Å²) >= 11 is 8.57. The molecule has 1 unspecified atom stereocenters. The summed E-state index contributed by atoms with van der Waals surface area (Å²) in [6.45, 7) is 4.62. The molecule has 0 amide bonds. The number of hydrogen-bond donors (Lipinski definition) is 1. The quantitative estimate of drug-likeness (QED) is 0.840. The number of anilines is 1. The second-order valence-electron chi connectivity index (χ2n) is 5.05. The van der Waals surface area contributed by atoms with Crippen LogP contribution in [0.4, 0.5) is 5.69 Å². The molecular weight excluding hydrogens is 308 g/mol.